The lowest BCUT2D eigenvalue weighted by atomic mass is 9.89. The number of hydrogen-bond acceptors (Lipinski definition) is 3. The van der Waals surface area contributed by atoms with E-state index in [1.54, 1.807) is 0 Å². The molecule has 0 aliphatic rings. The number of aliphatic hydroxyl groups is 1. The third-order valence-electron chi connectivity index (χ3n) is 2.50. The van der Waals surface area contributed by atoms with Crippen molar-refractivity contribution >= 4 is 5.97 Å². The smallest absolute Gasteiger partial charge is 0.302 e. The van der Waals surface area contributed by atoms with Crippen molar-refractivity contribution in [2.45, 2.75) is 53.2 Å². The van der Waals surface area contributed by atoms with Crippen molar-refractivity contribution in [1.29, 1.82) is 0 Å². The van der Waals surface area contributed by atoms with Crippen LogP contribution in [0, 0.1) is 11.8 Å². The summed E-state index contributed by atoms with van der Waals surface area (Å²) in [5.74, 6) is -0.0575. The molecule has 3 atom stereocenters. The zero-order valence-corrected chi connectivity index (χ0v) is 9.78. The molecule has 0 saturated carbocycles. The predicted octanol–water partition coefficient (Wildman–Crippen LogP) is 1.98. The van der Waals surface area contributed by atoms with Gasteiger partial charge in [0, 0.05) is 12.8 Å². The van der Waals surface area contributed by atoms with E-state index in [9.17, 15) is 9.90 Å². The largest absolute Gasteiger partial charge is 0.462 e. The molecule has 0 aromatic heterocycles. The van der Waals surface area contributed by atoms with Gasteiger partial charge in [0.05, 0.1) is 6.10 Å². The Bertz CT molecular complexity index is 177. The second-order valence-corrected chi connectivity index (χ2v) is 4.15. The average Bonchev–Trinajstić information content (AvgIpc) is 2.11. The summed E-state index contributed by atoms with van der Waals surface area (Å²) in [7, 11) is 0. The fourth-order valence-corrected chi connectivity index (χ4v) is 1.63. The lowest BCUT2D eigenvalue weighted by Gasteiger charge is -2.29. The fourth-order valence-electron chi connectivity index (χ4n) is 1.63. The molecule has 0 rings (SSSR count). The molecule has 0 aliphatic heterocycles. The Balaban J connectivity index is 4.40. The summed E-state index contributed by atoms with van der Waals surface area (Å²) < 4.78 is 5.20. The van der Waals surface area contributed by atoms with Gasteiger partial charge < -0.3 is 9.84 Å². The van der Waals surface area contributed by atoms with Crippen LogP contribution in [-0.2, 0) is 9.53 Å². The summed E-state index contributed by atoms with van der Waals surface area (Å²) in [6, 6.07) is 0. The Morgan fingerprint density at radius 3 is 2.14 bits per heavy atom. The molecule has 0 fully saturated rings. The van der Waals surface area contributed by atoms with E-state index < -0.39 is 6.10 Å². The number of esters is 1. The maximum atomic E-state index is 10.9. The molecule has 0 radical (unpaired) electrons. The number of rotatable bonds is 5. The average molecular weight is 202 g/mol. The van der Waals surface area contributed by atoms with E-state index in [0.717, 1.165) is 0 Å². The van der Waals surface area contributed by atoms with Gasteiger partial charge in [-0.05, 0) is 12.3 Å². The van der Waals surface area contributed by atoms with Crippen LogP contribution in [0.1, 0.15) is 41.0 Å². The Labute approximate surface area is 86.5 Å². The van der Waals surface area contributed by atoms with Crippen LogP contribution in [-0.4, -0.2) is 23.3 Å². The first-order valence-corrected chi connectivity index (χ1v) is 5.25. The summed E-state index contributed by atoms with van der Waals surface area (Å²) in [6.45, 7) is 9.23. The monoisotopic (exact) mass is 202 g/mol. The molecule has 0 spiro atoms. The van der Waals surface area contributed by atoms with E-state index in [1.165, 1.54) is 6.92 Å². The molecule has 14 heavy (non-hydrogen) atoms. The normalized spacial score (nSPS) is 17.6. The van der Waals surface area contributed by atoms with Crippen molar-refractivity contribution in [2.75, 3.05) is 0 Å². The number of carbonyl (C=O) groups is 1. The minimum absolute atomic E-state index is 0.0103. The first-order valence-electron chi connectivity index (χ1n) is 5.25. The Hall–Kier alpha value is -0.570. The summed E-state index contributed by atoms with van der Waals surface area (Å²) in [6.07, 6.45) is 0.0928. The highest BCUT2D eigenvalue weighted by Gasteiger charge is 2.28. The molecule has 0 aromatic rings. The molecule has 3 nitrogen and oxygen atoms in total. The first kappa shape index (κ1) is 13.4. The quantitative estimate of drug-likeness (QED) is 0.693. The predicted molar refractivity (Wildman–Crippen MR) is 55.9 cm³/mol. The Kier molecular flexibility index (Phi) is 5.77. The van der Waals surface area contributed by atoms with Gasteiger partial charge in [-0.1, -0.05) is 27.7 Å². The van der Waals surface area contributed by atoms with Crippen LogP contribution in [0.2, 0.25) is 0 Å². The molecule has 0 saturated heterocycles. The summed E-state index contributed by atoms with van der Waals surface area (Å²) in [5.41, 5.74) is 0. The highest BCUT2D eigenvalue weighted by molar-refractivity contribution is 5.66. The van der Waals surface area contributed by atoms with E-state index in [-0.39, 0.29) is 23.9 Å². The second kappa shape index (κ2) is 6.02. The van der Waals surface area contributed by atoms with Crippen molar-refractivity contribution in [2.24, 2.45) is 11.8 Å². The number of carbonyl (C=O) groups excluding carboxylic acids is 1. The van der Waals surface area contributed by atoms with Crippen LogP contribution >= 0.6 is 0 Å². The second-order valence-electron chi connectivity index (χ2n) is 4.15. The first-order chi connectivity index (χ1) is 6.40. The van der Waals surface area contributed by atoms with Crippen LogP contribution in [0.4, 0.5) is 0 Å². The summed E-state index contributed by atoms with van der Waals surface area (Å²) >= 11 is 0. The number of aliphatic hydroxyl groups excluding tert-OH is 1. The maximum Gasteiger partial charge on any atom is 0.302 e. The van der Waals surface area contributed by atoms with Crippen LogP contribution in [0.5, 0.6) is 0 Å². The van der Waals surface area contributed by atoms with Crippen molar-refractivity contribution in [3.05, 3.63) is 0 Å². The van der Waals surface area contributed by atoms with E-state index >= 15 is 0 Å². The van der Waals surface area contributed by atoms with Gasteiger partial charge in [-0.3, -0.25) is 4.79 Å². The van der Waals surface area contributed by atoms with Crippen LogP contribution < -0.4 is 0 Å². The molecule has 1 N–H and O–H groups in total. The standard InChI is InChI=1S/C11H22O3/c1-6-10(13)8(4)11(7(2)3)14-9(5)12/h7-8,10-11,13H,6H2,1-5H3/t8-,10+,11+/m0/s1. The Morgan fingerprint density at radius 1 is 1.36 bits per heavy atom. The zero-order valence-electron chi connectivity index (χ0n) is 9.78. The maximum absolute atomic E-state index is 10.9. The van der Waals surface area contributed by atoms with Gasteiger partial charge in [0.25, 0.3) is 0 Å². The highest BCUT2D eigenvalue weighted by Crippen LogP contribution is 2.21. The molecular formula is C11H22O3. The van der Waals surface area contributed by atoms with Gasteiger partial charge >= 0.3 is 5.97 Å². The van der Waals surface area contributed by atoms with Crippen molar-refractivity contribution in [3.8, 4) is 0 Å². The van der Waals surface area contributed by atoms with Gasteiger partial charge in [-0.15, -0.1) is 0 Å². The molecule has 0 amide bonds. The molecule has 84 valence electrons. The minimum Gasteiger partial charge on any atom is -0.462 e. The fraction of sp³-hybridized carbons (Fsp3) is 0.909. The van der Waals surface area contributed by atoms with Crippen molar-refractivity contribution in [3.63, 3.8) is 0 Å². The van der Waals surface area contributed by atoms with Crippen LogP contribution in [0.3, 0.4) is 0 Å². The molecule has 3 heteroatoms. The lowest BCUT2D eigenvalue weighted by Crippen LogP contribution is -2.36. The summed E-state index contributed by atoms with van der Waals surface area (Å²) in [5, 5.41) is 9.67. The van der Waals surface area contributed by atoms with E-state index in [2.05, 4.69) is 0 Å². The number of hydrogen-bond donors (Lipinski definition) is 1. The summed E-state index contributed by atoms with van der Waals surface area (Å²) in [4.78, 5) is 10.9. The van der Waals surface area contributed by atoms with Gasteiger partial charge in [0.1, 0.15) is 6.10 Å². The van der Waals surface area contributed by atoms with Gasteiger partial charge in [-0.2, -0.15) is 0 Å². The Morgan fingerprint density at radius 2 is 1.86 bits per heavy atom. The molecule has 0 aliphatic carbocycles. The molecule has 0 heterocycles. The zero-order chi connectivity index (χ0) is 11.3. The van der Waals surface area contributed by atoms with Gasteiger partial charge in [-0.25, -0.2) is 0 Å². The van der Waals surface area contributed by atoms with Gasteiger partial charge in [0.2, 0.25) is 0 Å². The van der Waals surface area contributed by atoms with Gasteiger partial charge in [0.15, 0.2) is 0 Å². The third-order valence-corrected chi connectivity index (χ3v) is 2.50. The molecule has 0 bridgehead atoms. The highest BCUT2D eigenvalue weighted by atomic mass is 16.5. The van der Waals surface area contributed by atoms with Crippen LogP contribution in [0.15, 0.2) is 0 Å². The number of ether oxygens (including phenoxy) is 1. The van der Waals surface area contributed by atoms with E-state index in [0.29, 0.717) is 6.42 Å². The minimum atomic E-state index is -0.401. The molecule has 0 aromatic carbocycles. The van der Waals surface area contributed by atoms with Crippen molar-refractivity contribution < 1.29 is 14.6 Å². The molecule has 0 unspecified atom stereocenters. The van der Waals surface area contributed by atoms with E-state index in [4.69, 9.17) is 4.74 Å². The van der Waals surface area contributed by atoms with Crippen molar-refractivity contribution in [1.82, 2.24) is 0 Å². The topological polar surface area (TPSA) is 46.5 Å². The lowest BCUT2D eigenvalue weighted by molar-refractivity contribution is -0.154. The van der Waals surface area contributed by atoms with Crippen LogP contribution in [0.25, 0.3) is 0 Å². The molecular weight excluding hydrogens is 180 g/mol. The third kappa shape index (κ3) is 4.09. The SMILES string of the molecule is CC[C@@H](O)[C@H](C)[C@H](OC(C)=O)C(C)C. The van der Waals surface area contributed by atoms with E-state index in [1.807, 2.05) is 27.7 Å².